The third kappa shape index (κ3) is 2.80. The molecule has 3 rings (SSSR count). The average Bonchev–Trinajstić information content (AvgIpc) is 3.09. The summed E-state index contributed by atoms with van der Waals surface area (Å²) in [6, 6.07) is 4.70. The molecule has 2 fully saturated rings. The van der Waals surface area contributed by atoms with Crippen molar-refractivity contribution in [2.24, 2.45) is 5.92 Å². The summed E-state index contributed by atoms with van der Waals surface area (Å²) in [6.07, 6.45) is 5.10. The predicted molar refractivity (Wildman–Crippen MR) is 86.3 cm³/mol. The summed E-state index contributed by atoms with van der Waals surface area (Å²) in [5.74, 6) is 0.773. The molecule has 3 atom stereocenters. The first-order valence-corrected chi connectivity index (χ1v) is 8.40. The van der Waals surface area contributed by atoms with E-state index in [9.17, 15) is 4.39 Å². The van der Waals surface area contributed by atoms with Crippen molar-refractivity contribution in [2.45, 2.75) is 58.5 Å². The summed E-state index contributed by atoms with van der Waals surface area (Å²) in [5.41, 5.74) is 3.15. The van der Waals surface area contributed by atoms with Gasteiger partial charge in [-0.05, 0) is 75.3 Å². The van der Waals surface area contributed by atoms with E-state index >= 15 is 0 Å². The molecule has 2 nitrogen and oxygen atoms in total. The van der Waals surface area contributed by atoms with Crippen LogP contribution in [0, 0.1) is 18.7 Å². The number of hydrogen-bond acceptors (Lipinski definition) is 2. The highest BCUT2D eigenvalue weighted by atomic mass is 19.1. The molecule has 1 saturated carbocycles. The molecule has 2 aliphatic rings. The second-order valence-corrected chi connectivity index (χ2v) is 6.82. The number of nitrogens with one attached hydrogen (secondary N) is 1. The van der Waals surface area contributed by atoms with Gasteiger partial charge in [-0.15, -0.1) is 0 Å². The lowest BCUT2D eigenvalue weighted by atomic mass is 10.00. The Kier molecular flexibility index (Phi) is 4.21. The molecule has 1 saturated heterocycles. The summed E-state index contributed by atoms with van der Waals surface area (Å²) in [4.78, 5) is 2.54. The van der Waals surface area contributed by atoms with Crippen molar-refractivity contribution in [1.82, 2.24) is 5.32 Å². The van der Waals surface area contributed by atoms with Crippen LogP contribution in [0.25, 0.3) is 0 Å². The molecule has 116 valence electrons. The molecule has 1 heterocycles. The summed E-state index contributed by atoms with van der Waals surface area (Å²) >= 11 is 0. The third-order valence-corrected chi connectivity index (χ3v) is 5.19. The molecule has 1 aromatic rings. The van der Waals surface area contributed by atoms with E-state index in [1.807, 2.05) is 6.92 Å². The van der Waals surface area contributed by atoms with Crippen molar-refractivity contribution in [1.29, 1.82) is 0 Å². The highest BCUT2D eigenvalue weighted by Crippen LogP contribution is 2.42. The van der Waals surface area contributed by atoms with Crippen LogP contribution in [0.5, 0.6) is 0 Å². The minimum Gasteiger partial charge on any atom is -0.368 e. The Morgan fingerprint density at radius 2 is 2.19 bits per heavy atom. The molecule has 21 heavy (non-hydrogen) atoms. The molecular weight excluding hydrogens is 263 g/mol. The molecule has 0 aromatic heterocycles. The maximum atomic E-state index is 14.1. The van der Waals surface area contributed by atoms with E-state index < -0.39 is 0 Å². The molecule has 1 aliphatic carbocycles. The summed E-state index contributed by atoms with van der Waals surface area (Å²) in [7, 11) is 0. The van der Waals surface area contributed by atoms with Crippen molar-refractivity contribution in [3.05, 3.63) is 29.1 Å². The number of benzene rings is 1. The number of hydrogen-bond donors (Lipinski definition) is 1. The normalized spacial score (nSPS) is 25.6. The van der Waals surface area contributed by atoms with Crippen LogP contribution in [0.1, 0.15) is 56.7 Å². The highest BCUT2D eigenvalue weighted by molar-refractivity contribution is 5.59. The number of piperidine rings is 1. The Labute approximate surface area is 127 Å². The average molecular weight is 290 g/mol. The van der Waals surface area contributed by atoms with Crippen molar-refractivity contribution < 1.29 is 4.39 Å². The summed E-state index contributed by atoms with van der Waals surface area (Å²) in [5, 5.41) is 3.51. The fraction of sp³-hybridized carbons (Fsp3) is 0.667. The van der Waals surface area contributed by atoms with Crippen molar-refractivity contribution in [3.63, 3.8) is 0 Å². The van der Waals surface area contributed by atoms with Crippen molar-refractivity contribution >= 4 is 5.69 Å². The van der Waals surface area contributed by atoms with Crippen LogP contribution in [0.2, 0.25) is 0 Å². The molecule has 1 aromatic carbocycles. The first-order chi connectivity index (χ1) is 10.1. The Hall–Kier alpha value is -1.09. The second kappa shape index (κ2) is 5.96. The van der Waals surface area contributed by atoms with Gasteiger partial charge in [0.25, 0.3) is 0 Å². The van der Waals surface area contributed by atoms with Crippen LogP contribution in [-0.4, -0.2) is 19.1 Å². The lowest BCUT2D eigenvalue weighted by Gasteiger charge is -2.33. The van der Waals surface area contributed by atoms with E-state index in [0.29, 0.717) is 6.04 Å². The van der Waals surface area contributed by atoms with Crippen LogP contribution in [0.3, 0.4) is 0 Å². The number of halogens is 1. The lowest BCUT2D eigenvalue weighted by molar-refractivity contribution is 0.537. The quantitative estimate of drug-likeness (QED) is 0.875. The first kappa shape index (κ1) is 14.8. The maximum Gasteiger partial charge on any atom is 0.126 e. The Morgan fingerprint density at radius 3 is 2.81 bits per heavy atom. The van der Waals surface area contributed by atoms with Crippen LogP contribution in [0.4, 0.5) is 10.1 Å². The standard InChI is InChI=1S/C18H27FN2/c1-4-7-20-13(3)16-10-17(19)12(2)8-18(16)21-11-14-5-6-15(21)9-14/h8,10,13-15,20H,4-7,9,11H2,1-3H3. The number of nitrogens with zero attached hydrogens (tertiary/aromatic N) is 1. The minimum atomic E-state index is -0.0803. The fourth-order valence-electron chi connectivity index (χ4n) is 3.97. The monoisotopic (exact) mass is 290 g/mol. The van der Waals surface area contributed by atoms with Crippen molar-refractivity contribution in [2.75, 3.05) is 18.0 Å². The smallest absolute Gasteiger partial charge is 0.126 e. The number of fused-ring (bicyclic) bond motifs is 2. The van der Waals surface area contributed by atoms with Crippen LogP contribution in [0.15, 0.2) is 12.1 Å². The van der Waals surface area contributed by atoms with Gasteiger partial charge in [-0.25, -0.2) is 4.39 Å². The summed E-state index contributed by atoms with van der Waals surface area (Å²) in [6.45, 7) is 8.32. The van der Waals surface area contributed by atoms with E-state index in [1.54, 1.807) is 6.07 Å². The molecule has 0 spiro atoms. The van der Waals surface area contributed by atoms with Gasteiger partial charge in [-0.1, -0.05) is 6.92 Å². The second-order valence-electron chi connectivity index (χ2n) is 6.82. The molecule has 1 N–H and O–H groups in total. The lowest BCUT2D eigenvalue weighted by Crippen LogP contribution is -2.34. The summed E-state index contributed by atoms with van der Waals surface area (Å²) < 4.78 is 14.1. The molecule has 0 radical (unpaired) electrons. The van der Waals surface area contributed by atoms with Gasteiger partial charge in [0, 0.05) is 24.3 Å². The fourth-order valence-corrected chi connectivity index (χ4v) is 3.97. The highest BCUT2D eigenvalue weighted by Gasteiger charge is 2.38. The molecule has 3 heteroatoms. The van der Waals surface area contributed by atoms with Gasteiger partial charge in [-0.3, -0.25) is 0 Å². The maximum absolute atomic E-state index is 14.1. The molecule has 3 unspecified atom stereocenters. The van der Waals surface area contributed by atoms with Gasteiger partial charge in [-0.2, -0.15) is 0 Å². The van der Waals surface area contributed by atoms with Crippen molar-refractivity contribution in [3.8, 4) is 0 Å². The van der Waals surface area contributed by atoms with Gasteiger partial charge < -0.3 is 10.2 Å². The van der Waals surface area contributed by atoms with E-state index in [1.165, 1.54) is 24.9 Å². The Morgan fingerprint density at radius 1 is 1.38 bits per heavy atom. The molecule has 2 bridgehead atoms. The van der Waals surface area contributed by atoms with E-state index in [0.717, 1.165) is 36.6 Å². The molecular formula is C18H27FN2. The predicted octanol–water partition coefficient (Wildman–Crippen LogP) is 4.18. The topological polar surface area (TPSA) is 15.3 Å². The van der Waals surface area contributed by atoms with Gasteiger partial charge in [0.05, 0.1) is 0 Å². The molecule has 0 amide bonds. The number of rotatable bonds is 5. The van der Waals surface area contributed by atoms with Crippen LogP contribution >= 0.6 is 0 Å². The Balaban J connectivity index is 1.92. The van der Waals surface area contributed by atoms with Gasteiger partial charge in [0.15, 0.2) is 0 Å². The van der Waals surface area contributed by atoms with Gasteiger partial charge in [0.2, 0.25) is 0 Å². The third-order valence-electron chi connectivity index (χ3n) is 5.19. The SMILES string of the molecule is CCCNC(C)c1cc(F)c(C)cc1N1CC2CCC1C2. The van der Waals surface area contributed by atoms with E-state index in [-0.39, 0.29) is 11.9 Å². The van der Waals surface area contributed by atoms with Gasteiger partial charge in [0.1, 0.15) is 5.82 Å². The van der Waals surface area contributed by atoms with E-state index in [2.05, 4.69) is 30.1 Å². The van der Waals surface area contributed by atoms with Crippen LogP contribution in [-0.2, 0) is 0 Å². The number of anilines is 1. The largest absolute Gasteiger partial charge is 0.368 e. The zero-order valence-corrected chi connectivity index (χ0v) is 13.5. The van der Waals surface area contributed by atoms with Gasteiger partial charge >= 0.3 is 0 Å². The number of aryl methyl sites for hydroxylation is 1. The Bertz CT molecular complexity index is 514. The zero-order valence-electron chi connectivity index (χ0n) is 13.5. The minimum absolute atomic E-state index is 0.0803. The zero-order chi connectivity index (χ0) is 15.0. The first-order valence-electron chi connectivity index (χ1n) is 8.40. The van der Waals surface area contributed by atoms with Crippen LogP contribution < -0.4 is 10.2 Å². The molecule has 1 aliphatic heterocycles. The van der Waals surface area contributed by atoms with E-state index in [4.69, 9.17) is 0 Å².